The molecule has 6 nitrogen and oxygen atoms in total. The summed E-state index contributed by atoms with van der Waals surface area (Å²) in [5.74, 6) is -0.111. The van der Waals surface area contributed by atoms with Crippen molar-refractivity contribution in [2.24, 2.45) is 10.2 Å². The summed E-state index contributed by atoms with van der Waals surface area (Å²) in [6.07, 6.45) is 0.534. The maximum Gasteiger partial charge on any atom is 0.176 e. The lowest BCUT2D eigenvalue weighted by atomic mass is 10.2. The predicted octanol–water partition coefficient (Wildman–Crippen LogP) is 3.26. The number of aldehydes is 1. The van der Waals surface area contributed by atoms with E-state index in [0.717, 1.165) is 11.5 Å². The van der Waals surface area contributed by atoms with Crippen molar-refractivity contribution in [3.63, 3.8) is 0 Å². The first kappa shape index (κ1) is 12.9. The van der Waals surface area contributed by atoms with Crippen molar-refractivity contribution in [2.75, 3.05) is 0 Å². The van der Waals surface area contributed by atoms with Gasteiger partial charge in [-0.3, -0.25) is 4.79 Å². The number of aromatic nitrogens is 1. The average Bonchev–Trinajstić information content (AvgIpc) is 2.78. The minimum atomic E-state index is -0.111. The molecule has 1 aromatic carbocycles. The van der Waals surface area contributed by atoms with Crippen LogP contribution < -0.4 is 0 Å². The summed E-state index contributed by atoms with van der Waals surface area (Å²) < 4.78 is 4.02. The molecule has 0 aliphatic carbocycles. The molecule has 2 rings (SSSR count). The SMILES string of the molecule is Cc1nsc(N=Nc2ccc(O)c(C=O)c2)c1C#N. The lowest BCUT2D eigenvalue weighted by Gasteiger charge is -1.97. The Morgan fingerprint density at radius 2 is 2.26 bits per heavy atom. The second-order valence-corrected chi connectivity index (χ2v) is 4.37. The van der Waals surface area contributed by atoms with Crippen LogP contribution in [0, 0.1) is 18.3 Å². The highest BCUT2D eigenvalue weighted by atomic mass is 32.1. The number of phenolic OH excluding ortho intramolecular Hbond substituents is 1. The van der Waals surface area contributed by atoms with Crippen LogP contribution in [0.3, 0.4) is 0 Å². The fraction of sp³-hybridized carbons (Fsp3) is 0.0833. The zero-order valence-corrected chi connectivity index (χ0v) is 10.7. The van der Waals surface area contributed by atoms with Crippen LogP contribution in [0.5, 0.6) is 5.75 Å². The zero-order valence-electron chi connectivity index (χ0n) is 9.86. The molecular weight excluding hydrogens is 264 g/mol. The van der Waals surface area contributed by atoms with Gasteiger partial charge in [0.05, 0.1) is 16.9 Å². The summed E-state index contributed by atoms with van der Waals surface area (Å²) in [6, 6.07) is 6.30. The normalized spacial score (nSPS) is 10.5. The minimum Gasteiger partial charge on any atom is -0.507 e. The number of azo groups is 1. The van der Waals surface area contributed by atoms with Gasteiger partial charge in [0, 0.05) is 0 Å². The smallest absolute Gasteiger partial charge is 0.176 e. The molecule has 0 spiro atoms. The summed E-state index contributed by atoms with van der Waals surface area (Å²) in [5, 5.41) is 26.6. The van der Waals surface area contributed by atoms with E-state index in [1.54, 1.807) is 6.92 Å². The first-order valence-corrected chi connectivity index (χ1v) is 5.99. The largest absolute Gasteiger partial charge is 0.507 e. The van der Waals surface area contributed by atoms with Gasteiger partial charge >= 0.3 is 0 Å². The van der Waals surface area contributed by atoms with Crippen molar-refractivity contribution in [2.45, 2.75) is 6.92 Å². The van der Waals surface area contributed by atoms with Crippen LogP contribution in [0.4, 0.5) is 10.7 Å². The summed E-state index contributed by atoms with van der Waals surface area (Å²) in [4.78, 5) is 10.7. The Morgan fingerprint density at radius 3 is 2.95 bits per heavy atom. The minimum absolute atomic E-state index is 0.111. The van der Waals surface area contributed by atoms with E-state index in [2.05, 4.69) is 14.6 Å². The lowest BCUT2D eigenvalue weighted by Crippen LogP contribution is -1.79. The molecule has 1 N–H and O–H groups in total. The highest BCUT2D eigenvalue weighted by molar-refractivity contribution is 7.10. The number of phenols is 1. The molecule has 0 aliphatic rings. The van der Waals surface area contributed by atoms with Gasteiger partial charge in [0.15, 0.2) is 11.3 Å². The van der Waals surface area contributed by atoms with E-state index in [-0.39, 0.29) is 11.3 Å². The molecule has 0 unspecified atom stereocenters. The van der Waals surface area contributed by atoms with E-state index in [0.29, 0.717) is 28.2 Å². The fourth-order valence-corrected chi connectivity index (χ4v) is 2.03. The number of aromatic hydroxyl groups is 1. The third kappa shape index (κ3) is 2.64. The summed E-state index contributed by atoms with van der Waals surface area (Å²) in [5.41, 5.74) is 1.55. The number of aryl methyl sites for hydroxylation is 1. The van der Waals surface area contributed by atoms with E-state index in [4.69, 9.17) is 5.26 Å². The Bertz CT molecular complexity index is 700. The third-order valence-electron chi connectivity index (χ3n) is 2.35. The van der Waals surface area contributed by atoms with Crippen LogP contribution in [-0.2, 0) is 0 Å². The number of carbonyl (C=O) groups excluding carboxylic acids is 1. The third-order valence-corrected chi connectivity index (χ3v) is 3.17. The molecule has 0 amide bonds. The van der Waals surface area contributed by atoms with Crippen molar-refractivity contribution in [1.29, 1.82) is 5.26 Å². The quantitative estimate of drug-likeness (QED) is 0.684. The first-order valence-electron chi connectivity index (χ1n) is 5.22. The Hall–Kier alpha value is -2.59. The maximum absolute atomic E-state index is 10.7. The highest BCUT2D eigenvalue weighted by Crippen LogP contribution is 2.29. The molecule has 0 radical (unpaired) electrons. The molecule has 1 heterocycles. The lowest BCUT2D eigenvalue weighted by molar-refractivity contribution is 0.112. The van der Waals surface area contributed by atoms with E-state index in [1.165, 1.54) is 18.2 Å². The standard InChI is InChI=1S/C12H8N4O2S/c1-7-10(5-13)12(19-16-7)15-14-9-2-3-11(18)8(4-9)6-17/h2-4,6,18H,1H3. The Morgan fingerprint density at radius 1 is 1.47 bits per heavy atom. The summed E-state index contributed by atoms with van der Waals surface area (Å²) in [7, 11) is 0. The molecule has 19 heavy (non-hydrogen) atoms. The van der Waals surface area contributed by atoms with Gasteiger partial charge in [-0.15, -0.1) is 10.2 Å². The van der Waals surface area contributed by atoms with Crippen molar-refractivity contribution >= 4 is 28.5 Å². The van der Waals surface area contributed by atoms with E-state index in [1.807, 2.05) is 6.07 Å². The van der Waals surface area contributed by atoms with Crippen LogP contribution in [0.1, 0.15) is 21.6 Å². The van der Waals surface area contributed by atoms with Crippen LogP contribution in [0.15, 0.2) is 28.4 Å². The number of nitriles is 1. The van der Waals surface area contributed by atoms with Gasteiger partial charge in [0.25, 0.3) is 0 Å². The Balaban J connectivity index is 2.33. The van der Waals surface area contributed by atoms with Gasteiger partial charge < -0.3 is 5.11 Å². The molecule has 94 valence electrons. The van der Waals surface area contributed by atoms with Gasteiger partial charge in [0.2, 0.25) is 0 Å². The van der Waals surface area contributed by atoms with Gasteiger partial charge in [-0.05, 0) is 36.7 Å². The molecule has 0 fully saturated rings. The maximum atomic E-state index is 10.7. The number of benzene rings is 1. The monoisotopic (exact) mass is 272 g/mol. The number of carbonyl (C=O) groups is 1. The van der Waals surface area contributed by atoms with Crippen LogP contribution >= 0.6 is 11.5 Å². The fourth-order valence-electron chi connectivity index (χ4n) is 1.36. The number of hydrogen-bond acceptors (Lipinski definition) is 7. The van der Waals surface area contributed by atoms with E-state index >= 15 is 0 Å². The van der Waals surface area contributed by atoms with Gasteiger partial charge in [0.1, 0.15) is 17.4 Å². The van der Waals surface area contributed by atoms with Gasteiger partial charge in [-0.25, -0.2) is 0 Å². The number of rotatable bonds is 3. The molecule has 2 aromatic rings. The number of hydrogen-bond donors (Lipinski definition) is 1. The topological polar surface area (TPSA) is 98.7 Å². The Kier molecular flexibility index (Phi) is 3.63. The van der Waals surface area contributed by atoms with Crippen molar-refractivity contribution < 1.29 is 9.90 Å². The second-order valence-electron chi connectivity index (χ2n) is 3.62. The van der Waals surface area contributed by atoms with Gasteiger partial charge in [-0.2, -0.15) is 9.64 Å². The highest BCUT2D eigenvalue weighted by Gasteiger charge is 2.09. The average molecular weight is 272 g/mol. The Labute approximate surface area is 112 Å². The molecule has 0 atom stereocenters. The van der Waals surface area contributed by atoms with E-state index < -0.39 is 0 Å². The van der Waals surface area contributed by atoms with Crippen LogP contribution in [-0.4, -0.2) is 15.8 Å². The molecule has 0 bridgehead atoms. The van der Waals surface area contributed by atoms with E-state index in [9.17, 15) is 9.90 Å². The molecule has 1 aromatic heterocycles. The molecule has 0 saturated carbocycles. The predicted molar refractivity (Wildman–Crippen MR) is 69.2 cm³/mol. The van der Waals surface area contributed by atoms with Crippen molar-refractivity contribution in [3.05, 3.63) is 35.0 Å². The van der Waals surface area contributed by atoms with Crippen molar-refractivity contribution in [3.8, 4) is 11.8 Å². The summed E-state index contributed by atoms with van der Waals surface area (Å²) in [6.45, 7) is 1.72. The molecule has 0 aliphatic heterocycles. The zero-order chi connectivity index (χ0) is 13.8. The first-order chi connectivity index (χ1) is 9.15. The number of nitrogens with zero attached hydrogens (tertiary/aromatic N) is 4. The van der Waals surface area contributed by atoms with Gasteiger partial charge in [-0.1, -0.05) is 0 Å². The molecule has 0 saturated heterocycles. The molecule has 7 heteroatoms. The van der Waals surface area contributed by atoms with Crippen LogP contribution in [0.25, 0.3) is 0 Å². The second kappa shape index (κ2) is 5.37. The van der Waals surface area contributed by atoms with Crippen molar-refractivity contribution in [1.82, 2.24) is 4.37 Å². The van der Waals surface area contributed by atoms with Crippen LogP contribution in [0.2, 0.25) is 0 Å². The summed E-state index contributed by atoms with van der Waals surface area (Å²) >= 11 is 1.08. The molecular formula is C12H8N4O2S.